The van der Waals surface area contributed by atoms with E-state index in [-0.39, 0.29) is 6.10 Å². The molecule has 0 aromatic heterocycles. The molecular weight excluding hydrogens is 266 g/mol. The molecule has 1 aromatic carbocycles. The van der Waals surface area contributed by atoms with Crippen LogP contribution in [0.5, 0.6) is 5.75 Å². The number of hydrogen-bond donors (Lipinski definition) is 1. The Morgan fingerprint density at radius 3 is 2.90 bits per heavy atom. The molecule has 4 heteroatoms. The Morgan fingerprint density at radius 1 is 1.29 bits per heavy atom. The minimum absolute atomic E-state index is 0.114. The Bertz CT molecular complexity index is 407. The van der Waals surface area contributed by atoms with E-state index in [0.29, 0.717) is 19.8 Å². The van der Waals surface area contributed by atoms with Crippen LogP contribution in [0.25, 0.3) is 0 Å². The van der Waals surface area contributed by atoms with Crippen molar-refractivity contribution in [3.05, 3.63) is 29.8 Å². The lowest BCUT2D eigenvalue weighted by atomic mass is 10.2. The van der Waals surface area contributed by atoms with Crippen LogP contribution < -0.4 is 10.1 Å². The molecule has 1 fully saturated rings. The summed E-state index contributed by atoms with van der Waals surface area (Å²) in [6.45, 7) is 7.43. The second-order valence-corrected chi connectivity index (χ2v) is 5.49. The standard InChI is InChI=1S/C17H27NO3/c1-3-19-13-14(2)20-9-10-21-17-6-4-5-15(11-17)12-18-16-7-8-16/h4-6,11,14,16,18H,3,7-10,12-13H2,1-2H3. The van der Waals surface area contributed by atoms with Crippen LogP contribution in [0.3, 0.4) is 0 Å². The Morgan fingerprint density at radius 2 is 2.14 bits per heavy atom. The average molecular weight is 293 g/mol. The number of hydrogen-bond acceptors (Lipinski definition) is 4. The van der Waals surface area contributed by atoms with Crippen LogP contribution in [-0.4, -0.2) is 38.6 Å². The second-order valence-electron chi connectivity index (χ2n) is 5.49. The van der Waals surface area contributed by atoms with E-state index < -0.39 is 0 Å². The van der Waals surface area contributed by atoms with E-state index in [1.807, 2.05) is 26.0 Å². The van der Waals surface area contributed by atoms with Crippen LogP contribution in [0.2, 0.25) is 0 Å². The zero-order chi connectivity index (χ0) is 14.9. The molecule has 4 nitrogen and oxygen atoms in total. The monoisotopic (exact) mass is 293 g/mol. The summed E-state index contributed by atoms with van der Waals surface area (Å²) < 4.78 is 16.7. The molecule has 2 rings (SSSR count). The third-order valence-corrected chi connectivity index (χ3v) is 3.38. The Balaban J connectivity index is 1.61. The lowest BCUT2D eigenvalue weighted by Crippen LogP contribution is -2.19. The van der Waals surface area contributed by atoms with Crippen molar-refractivity contribution in [3.8, 4) is 5.75 Å². The van der Waals surface area contributed by atoms with Crippen molar-refractivity contribution in [2.45, 2.75) is 45.4 Å². The highest BCUT2D eigenvalue weighted by Gasteiger charge is 2.19. The molecule has 0 aliphatic heterocycles. The predicted molar refractivity (Wildman–Crippen MR) is 83.7 cm³/mol. The molecule has 1 aliphatic rings. The summed E-state index contributed by atoms with van der Waals surface area (Å²) in [4.78, 5) is 0. The van der Waals surface area contributed by atoms with Gasteiger partial charge in [0.2, 0.25) is 0 Å². The maximum Gasteiger partial charge on any atom is 0.119 e. The molecule has 0 amide bonds. The molecule has 0 heterocycles. The molecule has 0 bridgehead atoms. The third-order valence-electron chi connectivity index (χ3n) is 3.38. The Labute approximate surface area is 127 Å². The van der Waals surface area contributed by atoms with E-state index in [0.717, 1.165) is 24.9 Å². The molecule has 1 aromatic rings. The van der Waals surface area contributed by atoms with Crippen molar-refractivity contribution >= 4 is 0 Å². The van der Waals surface area contributed by atoms with E-state index in [1.54, 1.807) is 0 Å². The number of benzene rings is 1. The minimum Gasteiger partial charge on any atom is -0.491 e. The fourth-order valence-electron chi connectivity index (χ4n) is 2.04. The zero-order valence-corrected chi connectivity index (χ0v) is 13.1. The first kappa shape index (κ1) is 16.3. The largest absolute Gasteiger partial charge is 0.491 e. The van der Waals surface area contributed by atoms with E-state index in [9.17, 15) is 0 Å². The average Bonchev–Trinajstić information content (AvgIpc) is 3.32. The van der Waals surface area contributed by atoms with Gasteiger partial charge in [-0.2, -0.15) is 0 Å². The van der Waals surface area contributed by atoms with E-state index >= 15 is 0 Å². The highest BCUT2D eigenvalue weighted by Crippen LogP contribution is 2.20. The van der Waals surface area contributed by atoms with Gasteiger partial charge in [-0.25, -0.2) is 0 Å². The van der Waals surface area contributed by atoms with Crippen LogP contribution in [0.1, 0.15) is 32.3 Å². The molecule has 0 radical (unpaired) electrons. The van der Waals surface area contributed by atoms with Crippen molar-refractivity contribution in [1.82, 2.24) is 5.32 Å². The topological polar surface area (TPSA) is 39.7 Å². The molecule has 118 valence electrons. The Hall–Kier alpha value is -1.10. The fraction of sp³-hybridized carbons (Fsp3) is 0.647. The van der Waals surface area contributed by atoms with Crippen molar-refractivity contribution in [1.29, 1.82) is 0 Å². The molecule has 0 spiro atoms. The quantitative estimate of drug-likeness (QED) is 0.637. The summed E-state index contributed by atoms with van der Waals surface area (Å²) in [5, 5.41) is 3.51. The molecule has 1 aliphatic carbocycles. The summed E-state index contributed by atoms with van der Waals surface area (Å²) in [6, 6.07) is 8.99. The Kier molecular flexibility index (Phi) is 7.00. The van der Waals surface area contributed by atoms with Gasteiger partial charge in [-0.3, -0.25) is 0 Å². The van der Waals surface area contributed by atoms with Gasteiger partial charge < -0.3 is 19.5 Å². The van der Waals surface area contributed by atoms with Gasteiger partial charge in [0.15, 0.2) is 0 Å². The first-order valence-electron chi connectivity index (χ1n) is 7.92. The molecule has 0 saturated heterocycles. The molecule has 1 saturated carbocycles. The van der Waals surface area contributed by atoms with Crippen molar-refractivity contribution in [2.75, 3.05) is 26.4 Å². The maximum absolute atomic E-state index is 5.73. The van der Waals surface area contributed by atoms with Crippen molar-refractivity contribution in [2.24, 2.45) is 0 Å². The van der Waals surface area contributed by atoms with Gasteiger partial charge in [0.05, 0.1) is 19.3 Å². The lowest BCUT2D eigenvalue weighted by Gasteiger charge is -2.13. The molecule has 1 unspecified atom stereocenters. The van der Waals surface area contributed by atoms with E-state index in [1.165, 1.54) is 18.4 Å². The third kappa shape index (κ3) is 6.93. The lowest BCUT2D eigenvalue weighted by molar-refractivity contribution is -0.0128. The first-order valence-corrected chi connectivity index (χ1v) is 7.92. The SMILES string of the molecule is CCOCC(C)OCCOc1cccc(CNC2CC2)c1. The summed E-state index contributed by atoms with van der Waals surface area (Å²) in [6.07, 6.45) is 2.74. The molecule has 1 atom stereocenters. The molecule has 21 heavy (non-hydrogen) atoms. The van der Waals surface area contributed by atoms with Gasteiger partial charge in [0, 0.05) is 19.2 Å². The van der Waals surface area contributed by atoms with Crippen LogP contribution in [0, 0.1) is 0 Å². The van der Waals surface area contributed by atoms with E-state index in [2.05, 4.69) is 17.4 Å². The van der Waals surface area contributed by atoms with Crippen LogP contribution in [0.4, 0.5) is 0 Å². The van der Waals surface area contributed by atoms with Crippen molar-refractivity contribution in [3.63, 3.8) is 0 Å². The predicted octanol–water partition coefficient (Wildman–Crippen LogP) is 2.76. The number of ether oxygens (including phenoxy) is 3. The fourth-order valence-corrected chi connectivity index (χ4v) is 2.04. The van der Waals surface area contributed by atoms with Gasteiger partial charge in [-0.05, 0) is 44.4 Å². The summed E-state index contributed by atoms with van der Waals surface area (Å²) >= 11 is 0. The number of nitrogens with one attached hydrogen (secondary N) is 1. The normalized spacial score (nSPS) is 15.9. The highest BCUT2D eigenvalue weighted by molar-refractivity contribution is 5.28. The van der Waals surface area contributed by atoms with Crippen LogP contribution in [-0.2, 0) is 16.0 Å². The summed E-state index contributed by atoms with van der Waals surface area (Å²) in [7, 11) is 0. The highest BCUT2D eigenvalue weighted by atomic mass is 16.5. The van der Waals surface area contributed by atoms with Crippen LogP contribution >= 0.6 is 0 Å². The first-order chi connectivity index (χ1) is 10.3. The minimum atomic E-state index is 0.114. The second kappa shape index (κ2) is 9.03. The zero-order valence-electron chi connectivity index (χ0n) is 13.1. The van der Waals surface area contributed by atoms with Gasteiger partial charge in [-0.15, -0.1) is 0 Å². The van der Waals surface area contributed by atoms with Crippen molar-refractivity contribution < 1.29 is 14.2 Å². The van der Waals surface area contributed by atoms with E-state index in [4.69, 9.17) is 14.2 Å². The molecular formula is C17H27NO3. The van der Waals surface area contributed by atoms with Gasteiger partial charge >= 0.3 is 0 Å². The van der Waals surface area contributed by atoms with Crippen LogP contribution in [0.15, 0.2) is 24.3 Å². The van der Waals surface area contributed by atoms with Gasteiger partial charge in [0.1, 0.15) is 12.4 Å². The number of rotatable bonds is 11. The maximum atomic E-state index is 5.73. The molecule has 1 N–H and O–H groups in total. The van der Waals surface area contributed by atoms with Gasteiger partial charge in [0.25, 0.3) is 0 Å². The summed E-state index contributed by atoms with van der Waals surface area (Å²) in [5.74, 6) is 0.908. The summed E-state index contributed by atoms with van der Waals surface area (Å²) in [5.41, 5.74) is 1.27. The smallest absolute Gasteiger partial charge is 0.119 e. The van der Waals surface area contributed by atoms with Gasteiger partial charge in [-0.1, -0.05) is 12.1 Å².